The number of Topliss-reactive ketones (excluding diaryl/α,β-unsaturated/α-hetero) is 2. The second-order valence-corrected chi connectivity index (χ2v) is 16.7. The van der Waals surface area contributed by atoms with Crippen molar-refractivity contribution in [2.45, 2.75) is 53.4 Å². The lowest BCUT2D eigenvalue weighted by Gasteiger charge is -2.28. The molecule has 4 N–H and O–H groups in total. The van der Waals surface area contributed by atoms with E-state index in [0.717, 1.165) is 91.7 Å². The molecule has 0 atom stereocenters. The van der Waals surface area contributed by atoms with Gasteiger partial charge in [-0.25, -0.2) is 4.98 Å². The van der Waals surface area contributed by atoms with Gasteiger partial charge < -0.3 is 20.6 Å². The topological polar surface area (TPSA) is 139 Å². The van der Waals surface area contributed by atoms with Gasteiger partial charge in [-0.2, -0.15) is 5.26 Å². The Balaban J connectivity index is 0.000000164. The number of nitrogens with zero attached hydrogens (tertiary/aromatic N) is 3. The van der Waals surface area contributed by atoms with Crippen LogP contribution in [0.4, 0.5) is 22.7 Å². The molecule has 0 unspecified atom stereocenters. The van der Waals surface area contributed by atoms with Crippen molar-refractivity contribution in [3.05, 3.63) is 156 Å². The molecule has 9 rings (SSSR count). The number of ketones is 2. The number of H-pyrrole nitrogens is 2. The number of carbonyl (C=O) groups excluding carboxylic acids is 2. The molecular formula is C49H45N7O2. The van der Waals surface area contributed by atoms with Crippen molar-refractivity contribution < 1.29 is 9.59 Å². The normalized spacial score (nSPS) is 14.9. The van der Waals surface area contributed by atoms with E-state index in [9.17, 15) is 14.9 Å². The minimum absolute atomic E-state index is 0.0467. The summed E-state index contributed by atoms with van der Waals surface area (Å²) < 4.78 is 0. The highest BCUT2D eigenvalue weighted by Crippen LogP contribution is 2.45. The number of aromatic amines is 2. The van der Waals surface area contributed by atoms with Crippen LogP contribution in [0.3, 0.4) is 0 Å². The van der Waals surface area contributed by atoms with E-state index < -0.39 is 0 Å². The Morgan fingerprint density at radius 3 is 1.69 bits per heavy atom. The third-order valence-corrected chi connectivity index (χ3v) is 10.7. The highest BCUT2D eigenvalue weighted by atomic mass is 16.1. The van der Waals surface area contributed by atoms with Gasteiger partial charge in [-0.3, -0.25) is 14.6 Å². The minimum atomic E-state index is -0.0771. The molecule has 0 spiro atoms. The summed E-state index contributed by atoms with van der Waals surface area (Å²) in [5.74, 6) is 0.321. The van der Waals surface area contributed by atoms with Gasteiger partial charge in [-0.05, 0) is 83.3 Å². The Morgan fingerprint density at radius 2 is 1.09 bits per heavy atom. The summed E-state index contributed by atoms with van der Waals surface area (Å²) in [4.78, 5) is 41.3. The molecule has 9 nitrogen and oxygen atoms in total. The van der Waals surface area contributed by atoms with E-state index in [2.05, 4.69) is 88.6 Å². The number of aromatic nitrogens is 4. The summed E-state index contributed by atoms with van der Waals surface area (Å²) in [6.07, 6.45) is 7.88. The average molecular weight is 764 g/mol. The van der Waals surface area contributed by atoms with E-state index >= 15 is 0 Å². The fourth-order valence-electron chi connectivity index (χ4n) is 8.18. The van der Waals surface area contributed by atoms with Crippen LogP contribution in [0.1, 0.15) is 78.3 Å². The van der Waals surface area contributed by atoms with Crippen molar-refractivity contribution in [1.29, 1.82) is 5.26 Å². The minimum Gasteiger partial charge on any atom is -0.356 e. The maximum Gasteiger partial charge on any atom is 0.167 e. The van der Waals surface area contributed by atoms with Gasteiger partial charge >= 0.3 is 0 Å². The summed E-state index contributed by atoms with van der Waals surface area (Å²) >= 11 is 0. The molecule has 4 aromatic heterocycles. The Kier molecular flexibility index (Phi) is 10.1. The number of hydrogen-bond donors (Lipinski definition) is 4. The molecule has 0 bridgehead atoms. The number of rotatable bonds is 7. The Hall–Kier alpha value is -7.05. The molecule has 0 saturated heterocycles. The van der Waals surface area contributed by atoms with Gasteiger partial charge in [0, 0.05) is 65.3 Å². The third-order valence-electron chi connectivity index (χ3n) is 10.7. The number of hydrogen-bond acceptors (Lipinski definition) is 7. The lowest BCUT2D eigenvalue weighted by atomic mass is 9.76. The van der Waals surface area contributed by atoms with Crippen molar-refractivity contribution in [3.8, 4) is 39.7 Å². The molecule has 7 aromatic rings. The molecule has 3 aromatic carbocycles. The SMILES string of the molecule is CC1(C)CC(=O)c2c([nH]c(-c3ccnc(C#N)c3)c2Nc2ccccc2)C1.CC1(C)CC(=O)c2c([nH]c(-c3ccncc3)c2Nc2cccc(-c3ccccc3)c2)C1. The zero-order valence-electron chi connectivity index (χ0n) is 33.1. The molecule has 2 aliphatic rings. The van der Waals surface area contributed by atoms with Crippen LogP contribution in [0.5, 0.6) is 0 Å². The first-order valence-corrected chi connectivity index (χ1v) is 19.5. The van der Waals surface area contributed by atoms with Crippen LogP contribution in [0.2, 0.25) is 0 Å². The maximum atomic E-state index is 13.2. The van der Waals surface area contributed by atoms with Gasteiger partial charge in [0.15, 0.2) is 11.6 Å². The van der Waals surface area contributed by atoms with Crippen molar-refractivity contribution in [3.63, 3.8) is 0 Å². The number of carbonyl (C=O) groups is 2. The molecule has 288 valence electrons. The molecule has 4 heterocycles. The van der Waals surface area contributed by atoms with Gasteiger partial charge in [-0.1, -0.05) is 88.4 Å². The summed E-state index contributed by atoms with van der Waals surface area (Å²) in [6, 6.07) is 38.0. The first-order valence-electron chi connectivity index (χ1n) is 19.5. The van der Waals surface area contributed by atoms with E-state index in [1.165, 1.54) is 0 Å². The number of nitriles is 1. The fourth-order valence-corrected chi connectivity index (χ4v) is 8.18. The van der Waals surface area contributed by atoms with E-state index in [0.29, 0.717) is 18.5 Å². The summed E-state index contributed by atoms with van der Waals surface area (Å²) in [6.45, 7) is 8.52. The van der Waals surface area contributed by atoms with Crippen molar-refractivity contribution in [1.82, 2.24) is 19.9 Å². The van der Waals surface area contributed by atoms with Crippen LogP contribution in [0.15, 0.2) is 128 Å². The quantitative estimate of drug-likeness (QED) is 0.127. The third kappa shape index (κ3) is 7.95. The first-order chi connectivity index (χ1) is 28.0. The van der Waals surface area contributed by atoms with E-state index in [1.807, 2.05) is 78.9 Å². The number of pyridine rings is 2. The Bertz CT molecular complexity index is 2670. The van der Waals surface area contributed by atoms with Crippen molar-refractivity contribution >= 4 is 34.3 Å². The van der Waals surface area contributed by atoms with Crippen LogP contribution in [-0.2, 0) is 12.8 Å². The molecule has 9 heteroatoms. The summed E-state index contributed by atoms with van der Waals surface area (Å²) in [7, 11) is 0. The van der Waals surface area contributed by atoms with Crippen LogP contribution in [0.25, 0.3) is 33.6 Å². The average Bonchev–Trinajstić information content (AvgIpc) is 3.76. The number of fused-ring (bicyclic) bond motifs is 2. The standard InChI is InChI=1S/C27H25N3O.C22H20N4O/c1-27(2)16-22-24(23(31)17-27)26(25(30-22)19-11-13-28-14-12-19)29-21-10-6-9-20(15-21)18-7-4-3-5-8-18;1-22(2)11-17-19(18(27)12-22)21(25-15-6-4-3-5-7-15)20(26-17)14-8-9-24-16(10-14)13-23/h3-15,29-30H,16-17H2,1-2H3;3-10,25-26H,11-12H2,1-2H3. The second-order valence-electron chi connectivity index (χ2n) is 16.7. The van der Waals surface area contributed by atoms with Gasteiger partial charge in [0.2, 0.25) is 0 Å². The van der Waals surface area contributed by atoms with Crippen LogP contribution >= 0.6 is 0 Å². The molecule has 0 radical (unpaired) electrons. The number of nitrogens with one attached hydrogen (secondary N) is 4. The Labute approximate surface area is 338 Å². The Morgan fingerprint density at radius 1 is 0.569 bits per heavy atom. The molecule has 0 amide bonds. The molecule has 0 saturated carbocycles. The number of anilines is 4. The zero-order valence-corrected chi connectivity index (χ0v) is 33.1. The molecule has 58 heavy (non-hydrogen) atoms. The maximum absolute atomic E-state index is 13.2. The predicted molar refractivity (Wildman–Crippen MR) is 231 cm³/mol. The largest absolute Gasteiger partial charge is 0.356 e. The zero-order chi connectivity index (χ0) is 40.4. The highest BCUT2D eigenvalue weighted by Gasteiger charge is 2.37. The van der Waals surface area contributed by atoms with Crippen LogP contribution in [0, 0.1) is 22.2 Å². The lowest BCUT2D eigenvalue weighted by Crippen LogP contribution is -2.26. The van der Waals surface area contributed by atoms with Gasteiger partial charge in [0.1, 0.15) is 11.8 Å². The smallest absolute Gasteiger partial charge is 0.167 e. The van der Waals surface area contributed by atoms with E-state index in [1.54, 1.807) is 24.7 Å². The number of para-hydroxylation sites is 1. The molecule has 2 aliphatic carbocycles. The lowest BCUT2D eigenvalue weighted by molar-refractivity contribution is 0.0903. The van der Waals surface area contributed by atoms with E-state index in [-0.39, 0.29) is 22.4 Å². The van der Waals surface area contributed by atoms with Crippen LogP contribution < -0.4 is 10.6 Å². The second kappa shape index (κ2) is 15.5. The first kappa shape index (κ1) is 37.9. The summed E-state index contributed by atoms with van der Waals surface area (Å²) in [5.41, 5.74) is 13.1. The molecular weight excluding hydrogens is 719 g/mol. The summed E-state index contributed by atoms with van der Waals surface area (Å²) in [5, 5.41) is 16.2. The van der Waals surface area contributed by atoms with Crippen molar-refractivity contribution in [2.75, 3.05) is 10.6 Å². The molecule has 0 aliphatic heterocycles. The molecule has 0 fully saturated rings. The monoisotopic (exact) mass is 763 g/mol. The van der Waals surface area contributed by atoms with Crippen LogP contribution in [-0.4, -0.2) is 31.5 Å². The van der Waals surface area contributed by atoms with Crippen molar-refractivity contribution in [2.24, 2.45) is 10.8 Å². The van der Waals surface area contributed by atoms with Gasteiger partial charge in [0.25, 0.3) is 0 Å². The fraction of sp³-hybridized carbons (Fsp3) is 0.204. The number of benzene rings is 3. The highest BCUT2D eigenvalue weighted by molar-refractivity contribution is 6.08. The van der Waals surface area contributed by atoms with Gasteiger partial charge in [-0.15, -0.1) is 0 Å². The predicted octanol–water partition coefficient (Wildman–Crippen LogP) is 11.5. The van der Waals surface area contributed by atoms with E-state index in [4.69, 9.17) is 0 Å². The van der Waals surface area contributed by atoms with Gasteiger partial charge in [0.05, 0.1) is 33.9 Å².